The fraction of sp³-hybridized carbons (Fsp3) is 0.250. The first-order valence-electron chi connectivity index (χ1n) is 6.72. The Labute approximate surface area is 125 Å². The predicted octanol–water partition coefficient (Wildman–Crippen LogP) is 3.57. The molecule has 2 rings (SSSR count). The van der Waals surface area contributed by atoms with Crippen LogP contribution in [0.2, 0.25) is 0 Å². The Morgan fingerprint density at radius 1 is 1.00 bits per heavy atom. The van der Waals surface area contributed by atoms with E-state index in [1.54, 1.807) is 50.2 Å². The van der Waals surface area contributed by atoms with E-state index in [0.717, 1.165) is 0 Å². The maximum atomic E-state index is 13.7. The van der Waals surface area contributed by atoms with Crippen LogP contribution in [0.5, 0.6) is 0 Å². The van der Waals surface area contributed by atoms with Crippen molar-refractivity contribution >= 4 is 15.7 Å². The van der Waals surface area contributed by atoms with Gasteiger partial charge in [-0.15, -0.1) is 0 Å². The van der Waals surface area contributed by atoms with Crippen molar-refractivity contribution in [3.8, 4) is 0 Å². The van der Waals surface area contributed by atoms with Crippen molar-refractivity contribution < 1.29 is 12.8 Å². The van der Waals surface area contributed by atoms with Gasteiger partial charge in [-0.05, 0) is 32.0 Å². The average molecular weight is 307 g/mol. The van der Waals surface area contributed by atoms with Gasteiger partial charge in [0.25, 0.3) is 0 Å². The molecule has 21 heavy (non-hydrogen) atoms. The number of nitrogens with zero attached hydrogens (tertiary/aromatic N) is 1. The standard InChI is InChI=1S/C16H18FNO2S/c1-13(2)18(15-9-4-3-5-10-15)21(19,20)12-14-8-6-7-11-16(14)17/h3-11,13H,12H2,1-2H3. The highest BCUT2D eigenvalue weighted by molar-refractivity contribution is 7.92. The van der Waals surface area contributed by atoms with Crippen LogP contribution in [0.3, 0.4) is 0 Å². The lowest BCUT2D eigenvalue weighted by Gasteiger charge is -2.28. The number of hydrogen-bond acceptors (Lipinski definition) is 2. The second kappa shape index (κ2) is 6.26. The summed E-state index contributed by atoms with van der Waals surface area (Å²) in [7, 11) is -3.66. The highest BCUT2D eigenvalue weighted by atomic mass is 32.2. The summed E-state index contributed by atoms with van der Waals surface area (Å²) in [5.41, 5.74) is 0.767. The van der Waals surface area contributed by atoms with Crippen molar-refractivity contribution in [2.75, 3.05) is 4.31 Å². The van der Waals surface area contributed by atoms with Crippen LogP contribution in [0.25, 0.3) is 0 Å². The molecule has 0 saturated carbocycles. The molecular formula is C16H18FNO2S. The lowest BCUT2D eigenvalue weighted by molar-refractivity contribution is 0.577. The predicted molar refractivity (Wildman–Crippen MR) is 83.1 cm³/mol. The van der Waals surface area contributed by atoms with E-state index in [1.165, 1.54) is 16.4 Å². The van der Waals surface area contributed by atoms with Crippen LogP contribution >= 0.6 is 0 Å². The second-order valence-corrected chi connectivity index (χ2v) is 6.92. The largest absolute Gasteiger partial charge is 0.267 e. The smallest absolute Gasteiger partial charge is 0.239 e. The van der Waals surface area contributed by atoms with Crippen LogP contribution in [0.4, 0.5) is 10.1 Å². The average Bonchev–Trinajstić information content (AvgIpc) is 2.41. The molecule has 0 aliphatic rings. The third-order valence-electron chi connectivity index (χ3n) is 3.08. The number of rotatable bonds is 5. The van der Waals surface area contributed by atoms with E-state index in [4.69, 9.17) is 0 Å². The molecule has 0 N–H and O–H groups in total. The molecule has 0 aliphatic carbocycles. The van der Waals surface area contributed by atoms with Crippen molar-refractivity contribution in [1.82, 2.24) is 0 Å². The van der Waals surface area contributed by atoms with Crippen LogP contribution < -0.4 is 4.31 Å². The normalized spacial score (nSPS) is 11.6. The first-order valence-corrected chi connectivity index (χ1v) is 8.33. The van der Waals surface area contributed by atoms with E-state index >= 15 is 0 Å². The molecule has 0 spiro atoms. The van der Waals surface area contributed by atoms with E-state index in [2.05, 4.69) is 0 Å². The molecule has 2 aromatic rings. The number of hydrogen-bond donors (Lipinski definition) is 0. The number of anilines is 1. The minimum Gasteiger partial charge on any atom is -0.267 e. The van der Waals surface area contributed by atoms with Gasteiger partial charge in [0.2, 0.25) is 10.0 Å². The summed E-state index contributed by atoms with van der Waals surface area (Å²) >= 11 is 0. The first-order chi connectivity index (χ1) is 9.92. The zero-order chi connectivity index (χ0) is 15.5. The number of para-hydroxylation sites is 1. The molecule has 0 fully saturated rings. The molecule has 0 heterocycles. The quantitative estimate of drug-likeness (QED) is 0.847. The van der Waals surface area contributed by atoms with Gasteiger partial charge < -0.3 is 0 Å². The SMILES string of the molecule is CC(C)N(c1ccccc1)S(=O)(=O)Cc1ccccc1F. The summed E-state index contributed by atoms with van der Waals surface area (Å²) < 4.78 is 40.3. The molecule has 0 radical (unpaired) electrons. The zero-order valence-corrected chi connectivity index (χ0v) is 12.8. The molecule has 2 aromatic carbocycles. The summed E-state index contributed by atoms with van der Waals surface area (Å²) in [4.78, 5) is 0. The lowest BCUT2D eigenvalue weighted by Crippen LogP contribution is -2.37. The summed E-state index contributed by atoms with van der Waals surface area (Å²) in [6, 6.07) is 14.6. The summed E-state index contributed by atoms with van der Waals surface area (Å²) in [5, 5.41) is 0. The Kier molecular flexibility index (Phi) is 4.63. The van der Waals surface area contributed by atoms with Crippen molar-refractivity contribution in [2.24, 2.45) is 0 Å². The fourth-order valence-electron chi connectivity index (χ4n) is 2.24. The molecule has 3 nitrogen and oxygen atoms in total. The minimum atomic E-state index is -3.66. The summed E-state index contributed by atoms with van der Waals surface area (Å²) in [6.45, 7) is 3.60. The molecule has 0 bridgehead atoms. The molecule has 0 unspecified atom stereocenters. The Bertz CT molecular complexity index is 699. The van der Waals surface area contributed by atoms with E-state index in [9.17, 15) is 12.8 Å². The van der Waals surface area contributed by atoms with Crippen LogP contribution in [0, 0.1) is 5.82 Å². The lowest BCUT2D eigenvalue weighted by atomic mass is 10.2. The van der Waals surface area contributed by atoms with E-state index in [-0.39, 0.29) is 17.4 Å². The summed E-state index contributed by atoms with van der Waals surface area (Å²) in [5.74, 6) is -0.856. The van der Waals surface area contributed by atoms with Gasteiger partial charge in [0, 0.05) is 11.6 Å². The van der Waals surface area contributed by atoms with Gasteiger partial charge in [-0.1, -0.05) is 36.4 Å². The van der Waals surface area contributed by atoms with E-state index in [1.807, 2.05) is 6.07 Å². The monoisotopic (exact) mass is 307 g/mol. The van der Waals surface area contributed by atoms with Crippen molar-refractivity contribution in [3.05, 3.63) is 66.0 Å². The van der Waals surface area contributed by atoms with Gasteiger partial charge in [0.1, 0.15) is 5.82 Å². The van der Waals surface area contributed by atoms with Gasteiger partial charge in [0.05, 0.1) is 11.4 Å². The molecule has 0 atom stereocenters. The van der Waals surface area contributed by atoms with Crippen molar-refractivity contribution in [2.45, 2.75) is 25.6 Å². The number of sulfonamides is 1. The van der Waals surface area contributed by atoms with Crippen molar-refractivity contribution in [3.63, 3.8) is 0 Å². The van der Waals surface area contributed by atoms with Gasteiger partial charge in [-0.2, -0.15) is 0 Å². The Morgan fingerprint density at radius 2 is 1.57 bits per heavy atom. The van der Waals surface area contributed by atoms with Gasteiger partial charge in [-0.25, -0.2) is 12.8 Å². The molecule has 5 heteroatoms. The minimum absolute atomic E-state index is 0.180. The molecule has 0 aromatic heterocycles. The Balaban J connectivity index is 2.38. The highest BCUT2D eigenvalue weighted by Gasteiger charge is 2.26. The van der Waals surface area contributed by atoms with Crippen LogP contribution in [-0.2, 0) is 15.8 Å². The third-order valence-corrected chi connectivity index (χ3v) is 4.98. The summed E-state index contributed by atoms with van der Waals surface area (Å²) in [6.07, 6.45) is 0. The van der Waals surface area contributed by atoms with Crippen LogP contribution in [-0.4, -0.2) is 14.5 Å². The first kappa shape index (κ1) is 15.5. The molecule has 112 valence electrons. The zero-order valence-electron chi connectivity index (χ0n) is 12.0. The van der Waals surface area contributed by atoms with E-state index in [0.29, 0.717) is 5.69 Å². The van der Waals surface area contributed by atoms with Crippen LogP contribution in [0.1, 0.15) is 19.4 Å². The van der Waals surface area contributed by atoms with Gasteiger partial charge in [-0.3, -0.25) is 4.31 Å². The second-order valence-electron chi connectivity index (χ2n) is 5.07. The van der Waals surface area contributed by atoms with Crippen LogP contribution in [0.15, 0.2) is 54.6 Å². The van der Waals surface area contributed by atoms with Gasteiger partial charge in [0.15, 0.2) is 0 Å². The third kappa shape index (κ3) is 3.61. The number of benzene rings is 2. The maximum Gasteiger partial charge on any atom is 0.239 e. The number of halogens is 1. The van der Waals surface area contributed by atoms with Crippen molar-refractivity contribution in [1.29, 1.82) is 0 Å². The molecule has 0 amide bonds. The van der Waals surface area contributed by atoms with E-state index < -0.39 is 15.8 Å². The molecule has 0 saturated heterocycles. The van der Waals surface area contributed by atoms with Gasteiger partial charge >= 0.3 is 0 Å². The molecular weight excluding hydrogens is 289 g/mol. The fourth-order valence-corrected chi connectivity index (χ4v) is 4.09. The Morgan fingerprint density at radius 3 is 2.14 bits per heavy atom. The Hall–Kier alpha value is -1.88. The topological polar surface area (TPSA) is 37.4 Å². The molecule has 0 aliphatic heterocycles. The maximum absolute atomic E-state index is 13.7. The highest BCUT2D eigenvalue weighted by Crippen LogP contribution is 2.23.